The Morgan fingerprint density at radius 2 is 1.59 bits per heavy atom. The number of ether oxygens (including phenoxy) is 2. The summed E-state index contributed by atoms with van der Waals surface area (Å²) in [4.78, 5) is 46.5. The van der Waals surface area contributed by atoms with Crippen LogP contribution in [0.5, 0.6) is 5.75 Å². The number of pyridine rings is 1. The second kappa shape index (κ2) is 11.2. The van der Waals surface area contributed by atoms with E-state index in [0.29, 0.717) is 22.7 Å². The number of nitrogens with one attached hydrogen (secondary N) is 1. The van der Waals surface area contributed by atoms with Gasteiger partial charge in [0.2, 0.25) is 5.95 Å². The van der Waals surface area contributed by atoms with Crippen molar-refractivity contribution in [3.05, 3.63) is 110 Å². The highest BCUT2D eigenvalue weighted by molar-refractivity contribution is 5.89. The van der Waals surface area contributed by atoms with E-state index < -0.39 is 17.3 Å². The summed E-state index contributed by atoms with van der Waals surface area (Å²) in [6.07, 6.45) is 1.57. The van der Waals surface area contributed by atoms with Crippen molar-refractivity contribution < 1.29 is 14.3 Å². The summed E-state index contributed by atoms with van der Waals surface area (Å²) in [5.41, 5.74) is 7.22. The number of carbonyl (C=O) groups is 1. The van der Waals surface area contributed by atoms with Gasteiger partial charge >= 0.3 is 17.3 Å². The number of benzene rings is 2. The summed E-state index contributed by atoms with van der Waals surface area (Å²) in [7, 11) is 2.87. The number of hydrogen-bond donors (Lipinski definition) is 2. The highest BCUT2D eigenvalue weighted by Gasteiger charge is 2.15. The summed E-state index contributed by atoms with van der Waals surface area (Å²) < 4.78 is 12.3. The average Bonchev–Trinajstić information content (AvgIpc) is 2.92. The molecule has 0 saturated heterocycles. The predicted octanol–water partition coefficient (Wildman–Crippen LogP) is 1.89. The van der Waals surface area contributed by atoms with Gasteiger partial charge in [-0.1, -0.05) is 30.3 Å². The molecule has 0 fully saturated rings. The number of nitrogens with two attached hydrogens (primary N) is 1. The van der Waals surface area contributed by atoms with Gasteiger partial charge in [-0.2, -0.15) is 4.98 Å². The zero-order valence-corrected chi connectivity index (χ0v) is 20.4. The molecule has 0 spiro atoms. The highest BCUT2D eigenvalue weighted by Crippen LogP contribution is 2.14. The Balaban J connectivity index is 1.71. The van der Waals surface area contributed by atoms with Gasteiger partial charge in [0.25, 0.3) is 0 Å². The zero-order valence-electron chi connectivity index (χ0n) is 20.4. The molecule has 0 aliphatic rings. The lowest BCUT2D eigenvalue weighted by Crippen LogP contribution is -2.43. The van der Waals surface area contributed by atoms with E-state index >= 15 is 0 Å². The molecule has 0 unspecified atom stereocenters. The number of aromatic nitrogens is 4. The molecule has 4 rings (SSSR count). The Morgan fingerprint density at radius 1 is 0.946 bits per heavy atom. The number of methoxy groups -OCH3 is 2. The van der Waals surface area contributed by atoms with E-state index in [4.69, 9.17) is 15.2 Å². The number of rotatable bonds is 9. The molecular weight excluding hydrogens is 476 g/mol. The van der Waals surface area contributed by atoms with Crippen LogP contribution in [0.15, 0.2) is 76.4 Å². The molecule has 0 radical (unpaired) electrons. The largest absolute Gasteiger partial charge is 0.497 e. The van der Waals surface area contributed by atoms with Crippen LogP contribution in [0.3, 0.4) is 0 Å². The molecule has 2 aromatic heterocycles. The van der Waals surface area contributed by atoms with E-state index in [9.17, 15) is 14.4 Å². The number of esters is 1. The molecule has 0 aliphatic carbocycles. The van der Waals surface area contributed by atoms with Crippen LogP contribution in [0.25, 0.3) is 0 Å². The maximum atomic E-state index is 13.6. The van der Waals surface area contributed by atoms with Gasteiger partial charge in [0.15, 0.2) is 0 Å². The minimum absolute atomic E-state index is 0.0335. The number of nitrogen functional groups attached to an aromatic ring is 1. The van der Waals surface area contributed by atoms with Crippen molar-refractivity contribution in [3.63, 3.8) is 0 Å². The van der Waals surface area contributed by atoms with E-state index in [0.717, 1.165) is 15.7 Å². The van der Waals surface area contributed by atoms with Crippen LogP contribution in [0.4, 0.5) is 11.8 Å². The van der Waals surface area contributed by atoms with Gasteiger partial charge in [0, 0.05) is 18.3 Å². The Kier molecular flexibility index (Phi) is 7.62. The van der Waals surface area contributed by atoms with Crippen molar-refractivity contribution in [3.8, 4) is 5.75 Å². The van der Waals surface area contributed by atoms with Crippen molar-refractivity contribution in [2.75, 3.05) is 25.3 Å². The fourth-order valence-corrected chi connectivity index (χ4v) is 3.68. The fourth-order valence-electron chi connectivity index (χ4n) is 3.68. The van der Waals surface area contributed by atoms with Crippen LogP contribution >= 0.6 is 0 Å². The Bertz CT molecular complexity index is 1510. The lowest BCUT2D eigenvalue weighted by atomic mass is 10.1. The minimum Gasteiger partial charge on any atom is -0.497 e. The van der Waals surface area contributed by atoms with Crippen LogP contribution in [0.2, 0.25) is 0 Å². The first-order valence-electron chi connectivity index (χ1n) is 11.3. The normalized spacial score (nSPS) is 10.6. The third kappa shape index (κ3) is 5.84. The molecule has 0 amide bonds. The molecule has 0 atom stereocenters. The molecule has 0 saturated carbocycles. The standard InChI is InChI=1S/C26H26N6O5/c1-36-21-11-7-18(8-12-21)16-32-25(34)30-24(29-14-20-4-3-13-28-22(20)27)31(26(32)35)15-17-5-9-19(10-6-17)23(33)37-2/h3-13H,14-16H2,1-2H3,(H2,27,28)(H,29,30,34). The summed E-state index contributed by atoms with van der Waals surface area (Å²) in [6.45, 7) is 0.335. The quantitative estimate of drug-likeness (QED) is 0.328. The Morgan fingerprint density at radius 3 is 2.22 bits per heavy atom. The van der Waals surface area contributed by atoms with Crippen LogP contribution in [0, 0.1) is 0 Å². The maximum Gasteiger partial charge on any atom is 0.355 e. The molecule has 3 N–H and O–H groups in total. The van der Waals surface area contributed by atoms with E-state index in [1.807, 2.05) is 0 Å². The molecule has 37 heavy (non-hydrogen) atoms. The first-order chi connectivity index (χ1) is 17.9. The molecule has 2 heterocycles. The van der Waals surface area contributed by atoms with Crippen molar-refractivity contribution in [2.24, 2.45) is 0 Å². The van der Waals surface area contributed by atoms with Crippen LogP contribution in [-0.2, 0) is 24.4 Å². The third-order valence-electron chi connectivity index (χ3n) is 5.73. The number of carbonyl (C=O) groups excluding carboxylic acids is 1. The molecule has 11 heteroatoms. The minimum atomic E-state index is -0.695. The fraction of sp³-hybridized carbons (Fsp3) is 0.192. The Labute approximate surface area is 212 Å². The first-order valence-corrected chi connectivity index (χ1v) is 11.3. The lowest BCUT2D eigenvalue weighted by Gasteiger charge is -2.16. The van der Waals surface area contributed by atoms with Gasteiger partial charge < -0.3 is 20.5 Å². The smallest absolute Gasteiger partial charge is 0.355 e. The highest BCUT2D eigenvalue weighted by atomic mass is 16.5. The molecular formula is C26H26N6O5. The number of hydrogen-bond acceptors (Lipinski definition) is 9. The van der Waals surface area contributed by atoms with Gasteiger partial charge in [0.1, 0.15) is 11.6 Å². The van der Waals surface area contributed by atoms with Crippen molar-refractivity contribution >= 4 is 17.7 Å². The van der Waals surface area contributed by atoms with Crippen LogP contribution in [-0.4, -0.2) is 39.3 Å². The van der Waals surface area contributed by atoms with Gasteiger partial charge in [-0.3, -0.25) is 4.57 Å². The summed E-state index contributed by atoms with van der Waals surface area (Å²) in [6, 6.07) is 17.2. The topological polar surface area (TPSA) is 143 Å². The van der Waals surface area contributed by atoms with Crippen LogP contribution < -0.4 is 27.2 Å². The molecule has 0 aliphatic heterocycles. The summed E-state index contributed by atoms with van der Waals surface area (Å²) in [5, 5.41) is 3.05. The molecule has 11 nitrogen and oxygen atoms in total. The second-order valence-corrected chi connectivity index (χ2v) is 8.11. The van der Waals surface area contributed by atoms with Gasteiger partial charge in [-0.05, 0) is 41.5 Å². The zero-order chi connectivity index (χ0) is 26.4. The van der Waals surface area contributed by atoms with E-state index in [-0.39, 0.29) is 25.6 Å². The Hall–Kier alpha value is -4.93. The van der Waals surface area contributed by atoms with Crippen molar-refractivity contribution in [1.82, 2.24) is 19.1 Å². The third-order valence-corrected chi connectivity index (χ3v) is 5.73. The van der Waals surface area contributed by atoms with E-state index in [1.165, 1.54) is 11.7 Å². The second-order valence-electron chi connectivity index (χ2n) is 8.11. The molecule has 0 bridgehead atoms. The maximum absolute atomic E-state index is 13.6. The molecule has 190 valence electrons. The van der Waals surface area contributed by atoms with Gasteiger partial charge in [-0.25, -0.2) is 23.9 Å². The van der Waals surface area contributed by atoms with Gasteiger partial charge in [0.05, 0.1) is 32.9 Å². The van der Waals surface area contributed by atoms with Crippen molar-refractivity contribution in [1.29, 1.82) is 0 Å². The van der Waals surface area contributed by atoms with Gasteiger partial charge in [-0.15, -0.1) is 0 Å². The van der Waals surface area contributed by atoms with Crippen molar-refractivity contribution in [2.45, 2.75) is 19.6 Å². The lowest BCUT2D eigenvalue weighted by molar-refractivity contribution is 0.0600. The molecule has 2 aromatic carbocycles. The molecule has 4 aromatic rings. The first kappa shape index (κ1) is 25.2. The number of nitrogens with zero attached hydrogens (tertiary/aromatic N) is 4. The van der Waals surface area contributed by atoms with E-state index in [2.05, 4.69) is 15.3 Å². The predicted molar refractivity (Wildman–Crippen MR) is 138 cm³/mol. The summed E-state index contributed by atoms with van der Waals surface area (Å²) in [5.74, 6) is 0.613. The monoisotopic (exact) mass is 502 g/mol. The number of anilines is 2. The average molecular weight is 503 g/mol. The van der Waals surface area contributed by atoms with Crippen LogP contribution in [0.1, 0.15) is 27.0 Å². The SMILES string of the molecule is COC(=O)c1ccc(Cn2c(NCc3cccnc3N)nc(=O)n(Cc3ccc(OC)cc3)c2=O)cc1. The van der Waals surface area contributed by atoms with E-state index in [1.54, 1.807) is 74.0 Å². The summed E-state index contributed by atoms with van der Waals surface area (Å²) >= 11 is 0.